The van der Waals surface area contributed by atoms with Crippen LogP contribution in [0.3, 0.4) is 0 Å². The first kappa shape index (κ1) is 17.5. The second-order valence-electron chi connectivity index (χ2n) is 7.78. The number of hydrogen-bond donors (Lipinski definition) is 0. The van der Waals surface area contributed by atoms with Crippen LogP contribution in [0.25, 0.3) is 0 Å². The molecule has 0 bridgehead atoms. The number of ether oxygens (including phenoxy) is 2. The fourth-order valence-corrected chi connectivity index (χ4v) is 4.92. The monoisotopic (exact) mass is 404 g/mol. The highest BCUT2D eigenvalue weighted by atomic mass is 16.6. The fourth-order valence-electron chi connectivity index (χ4n) is 4.92. The number of carbonyl (C=O) groups is 4. The minimum absolute atomic E-state index is 0.0977. The molecule has 2 aromatic rings. The van der Waals surface area contributed by atoms with Crippen molar-refractivity contribution in [1.82, 2.24) is 9.80 Å². The molecule has 8 heteroatoms. The van der Waals surface area contributed by atoms with Gasteiger partial charge in [-0.1, -0.05) is 24.3 Å². The summed E-state index contributed by atoms with van der Waals surface area (Å²) in [6.07, 6.45) is -1.19. The zero-order valence-corrected chi connectivity index (χ0v) is 15.7. The third kappa shape index (κ3) is 2.12. The van der Waals surface area contributed by atoms with Crippen molar-refractivity contribution in [2.24, 2.45) is 0 Å². The summed E-state index contributed by atoms with van der Waals surface area (Å²) in [6, 6.07) is 12.1. The number of amides is 4. The van der Waals surface area contributed by atoms with Gasteiger partial charge in [-0.25, -0.2) is 0 Å². The van der Waals surface area contributed by atoms with E-state index in [0.717, 1.165) is 0 Å². The van der Waals surface area contributed by atoms with E-state index in [1.54, 1.807) is 48.5 Å². The molecule has 0 aliphatic carbocycles. The van der Waals surface area contributed by atoms with Crippen molar-refractivity contribution < 1.29 is 28.7 Å². The molecule has 30 heavy (non-hydrogen) atoms. The molecule has 4 amide bonds. The van der Waals surface area contributed by atoms with Crippen molar-refractivity contribution in [2.45, 2.75) is 24.3 Å². The van der Waals surface area contributed by atoms with Gasteiger partial charge in [-0.05, 0) is 24.3 Å². The number of fused-ring (bicyclic) bond motifs is 3. The third-order valence-corrected chi connectivity index (χ3v) is 6.32. The Bertz CT molecular complexity index is 984. The summed E-state index contributed by atoms with van der Waals surface area (Å²) < 4.78 is 11.8. The van der Waals surface area contributed by atoms with Crippen LogP contribution in [0.4, 0.5) is 0 Å². The van der Waals surface area contributed by atoms with Gasteiger partial charge < -0.3 is 9.47 Å². The Morgan fingerprint density at radius 3 is 1.17 bits per heavy atom. The lowest BCUT2D eigenvalue weighted by molar-refractivity contribution is 0.0270. The molecule has 2 saturated heterocycles. The molecule has 2 aromatic carbocycles. The van der Waals surface area contributed by atoms with Gasteiger partial charge in [0.1, 0.15) is 12.2 Å². The van der Waals surface area contributed by atoms with Gasteiger partial charge >= 0.3 is 0 Å². The Hall–Kier alpha value is -3.36. The minimum atomic E-state index is -0.609. The molecule has 6 rings (SSSR count). The van der Waals surface area contributed by atoms with Crippen LogP contribution in [-0.4, -0.2) is 70.9 Å². The first-order valence-electron chi connectivity index (χ1n) is 9.75. The zero-order valence-electron chi connectivity index (χ0n) is 15.7. The number of rotatable bonds is 2. The number of benzene rings is 2. The van der Waals surface area contributed by atoms with E-state index in [1.807, 2.05) is 0 Å². The summed E-state index contributed by atoms with van der Waals surface area (Å²) in [6.45, 7) is 0.195. The molecule has 0 aromatic heterocycles. The van der Waals surface area contributed by atoms with Gasteiger partial charge in [0.2, 0.25) is 0 Å². The van der Waals surface area contributed by atoms with Gasteiger partial charge in [0.15, 0.2) is 0 Å². The molecule has 0 spiro atoms. The lowest BCUT2D eigenvalue weighted by atomic mass is 10.0. The predicted molar refractivity (Wildman–Crippen MR) is 101 cm³/mol. The van der Waals surface area contributed by atoms with Gasteiger partial charge in [0.25, 0.3) is 23.6 Å². The average Bonchev–Trinajstić information content (AvgIpc) is 3.48. The second kappa shape index (κ2) is 6.07. The van der Waals surface area contributed by atoms with Crippen molar-refractivity contribution in [3.8, 4) is 0 Å². The van der Waals surface area contributed by atoms with Crippen LogP contribution in [0.15, 0.2) is 48.5 Å². The predicted octanol–water partition coefficient (Wildman–Crippen LogP) is 1.11. The highest BCUT2D eigenvalue weighted by Crippen LogP contribution is 2.38. The topological polar surface area (TPSA) is 93.2 Å². The van der Waals surface area contributed by atoms with Gasteiger partial charge in [-0.3, -0.25) is 29.0 Å². The van der Waals surface area contributed by atoms with Gasteiger partial charge in [0.05, 0.1) is 47.6 Å². The van der Waals surface area contributed by atoms with Gasteiger partial charge in [-0.2, -0.15) is 0 Å². The maximum atomic E-state index is 12.8. The summed E-state index contributed by atoms with van der Waals surface area (Å²) in [7, 11) is 0. The van der Waals surface area contributed by atoms with E-state index in [4.69, 9.17) is 9.47 Å². The molecule has 4 aliphatic rings. The number of nitrogens with zero attached hydrogens (tertiary/aromatic N) is 2. The van der Waals surface area contributed by atoms with E-state index < -0.39 is 24.3 Å². The van der Waals surface area contributed by atoms with Crippen LogP contribution in [0.5, 0.6) is 0 Å². The molecular formula is C22H16N2O6. The normalized spacial score (nSPS) is 29.6. The molecule has 0 radical (unpaired) electrons. The number of hydrogen-bond acceptors (Lipinski definition) is 6. The van der Waals surface area contributed by atoms with Crippen molar-refractivity contribution in [2.75, 3.05) is 13.2 Å². The standard InChI is InChI=1S/C22H16N2O6/c25-19-11-5-1-2-6-12(11)20(26)23(19)15-9-29-18-16(10-30-17(15)18)24-21(27)13-7-3-4-8-14(13)22(24)28/h1-8,15-18H,9-10H2/t15-,16-,17+,18+/m0/s1. The highest BCUT2D eigenvalue weighted by Gasteiger charge is 2.57. The molecule has 4 heterocycles. The van der Waals surface area contributed by atoms with E-state index in [-0.39, 0.29) is 36.8 Å². The maximum Gasteiger partial charge on any atom is 0.261 e. The summed E-state index contributed by atoms with van der Waals surface area (Å²) >= 11 is 0. The van der Waals surface area contributed by atoms with Gasteiger partial charge in [-0.15, -0.1) is 0 Å². The van der Waals surface area contributed by atoms with Crippen molar-refractivity contribution in [3.63, 3.8) is 0 Å². The number of imide groups is 2. The Morgan fingerprint density at radius 1 is 0.567 bits per heavy atom. The lowest BCUT2D eigenvalue weighted by Crippen LogP contribution is -2.50. The Labute approximate surface area is 171 Å². The van der Waals surface area contributed by atoms with E-state index >= 15 is 0 Å². The SMILES string of the molecule is O=C1c2ccccc2C(=O)N1[C@H]1CO[C@H]2[C@@H]1OC[C@@H]2N1C(=O)c2ccccc2C1=O. The molecule has 0 unspecified atom stereocenters. The van der Waals surface area contributed by atoms with Gasteiger partial charge in [0, 0.05) is 0 Å². The van der Waals surface area contributed by atoms with E-state index in [2.05, 4.69) is 0 Å². The molecule has 0 saturated carbocycles. The summed E-state index contributed by atoms with van der Waals surface area (Å²) in [5.41, 5.74) is 1.45. The molecule has 4 atom stereocenters. The van der Waals surface area contributed by atoms with E-state index in [9.17, 15) is 19.2 Å². The quantitative estimate of drug-likeness (QED) is 0.697. The Morgan fingerprint density at radius 2 is 0.867 bits per heavy atom. The molecule has 2 fully saturated rings. The molecule has 8 nitrogen and oxygen atoms in total. The smallest absolute Gasteiger partial charge is 0.261 e. The minimum Gasteiger partial charge on any atom is -0.371 e. The first-order valence-corrected chi connectivity index (χ1v) is 9.75. The Balaban J connectivity index is 1.28. The average molecular weight is 404 g/mol. The van der Waals surface area contributed by atoms with Crippen LogP contribution in [0.2, 0.25) is 0 Å². The first-order chi connectivity index (χ1) is 14.6. The van der Waals surface area contributed by atoms with Crippen molar-refractivity contribution in [3.05, 3.63) is 70.8 Å². The largest absolute Gasteiger partial charge is 0.371 e. The summed E-state index contributed by atoms with van der Waals surface area (Å²) in [5.74, 6) is -1.51. The maximum absolute atomic E-state index is 12.8. The highest BCUT2D eigenvalue weighted by molar-refractivity contribution is 6.22. The van der Waals surface area contributed by atoms with E-state index in [0.29, 0.717) is 22.3 Å². The molecular weight excluding hydrogens is 388 g/mol. The van der Waals surface area contributed by atoms with Crippen LogP contribution in [0.1, 0.15) is 41.4 Å². The lowest BCUT2D eigenvalue weighted by Gasteiger charge is -2.26. The molecule has 0 N–H and O–H groups in total. The van der Waals surface area contributed by atoms with E-state index in [1.165, 1.54) is 9.80 Å². The number of carbonyl (C=O) groups excluding carboxylic acids is 4. The van der Waals surface area contributed by atoms with Crippen LogP contribution < -0.4 is 0 Å². The van der Waals surface area contributed by atoms with Crippen molar-refractivity contribution in [1.29, 1.82) is 0 Å². The summed E-state index contributed by atoms with van der Waals surface area (Å²) in [5, 5.41) is 0. The Kier molecular flexibility index (Phi) is 3.54. The molecule has 150 valence electrons. The molecule has 4 aliphatic heterocycles. The zero-order chi connectivity index (χ0) is 20.6. The fraction of sp³-hybridized carbons (Fsp3) is 0.273. The second-order valence-corrected chi connectivity index (χ2v) is 7.78. The van der Waals surface area contributed by atoms with Crippen LogP contribution in [-0.2, 0) is 9.47 Å². The van der Waals surface area contributed by atoms with Crippen LogP contribution >= 0.6 is 0 Å². The third-order valence-electron chi connectivity index (χ3n) is 6.32. The van der Waals surface area contributed by atoms with Crippen LogP contribution in [0, 0.1) is 0 Å². The van der Waals surface area contributed by atoms with Crippen molar-refractivity contribution >= 4 is 23.6 Å². The summed E-state index contributed by atoms with van der Waals surface area (Å²) in [4.78, 5) is 53.8.